The van der Waals surface area contributed by atoms with Gasteiger partial charge < -0.3 is 5.11 Å². The Labute approximate surface area is 103 Å². The standard InChI is InChI=1S/C13H20O3S/c1-10-7-11(2)13(12(3)8-10)9-17(15,16)6-4-5-14/h7-8,14H,4-6,9H2,1-3H3. The van der Waals surface area contributed by atoms with Gasteiger partial charge in [0.15, 0.2) is 9.84 Å². The third-order valence-electron chi connectivity index (χ3n) is 2.82. The van der Waals surface area contributed by atoms with Gasteiger partial charge in [0.05, 0.1) is 11.5 Å². The van der Waals surface area contributed by atoms with E-state index >= 15 is 0 Å². The second kappa shape index (κ2) is 5.65. The minimum atomic E-state index is -3.11. The van der Waals surface area contributed by atoms with Crippen LogP contribution in [0.1, 0.15) is 28.7 Å². The summed E-state index contributed by atoms with van der Waals surface area (Å²) in [6.07, 6.45) is 0.312. The summed E-state index contributed by atoms with van der Waals surface area (Å²) < 4.78 is 23.7. The maximum absolute atomic E-state index is 11.8. The van der Waals surface area contributed by atoms with Gasteiger partial charge >= 0.3 is 0 Å². The lowest BCUT2D eigenvalue weighted by atomic mass is 10.0. The Morgan fingerprint density at radius 2 is 1.65 bits per heavy atom. The van der Waals surface area contributed by atoms with E-state index in [1.165, 1.54) is 0 Å². The van der Waals surface area contributed by atoms with Crippen LogP contribution in [-0.4, -0.2) is 25.9 Å². The van der Waals surface area contributed by atoms with E-state index in [1.807, 2.05) is 32.9 Å². The lowest BCUT2D eigenvalue weighted by Gasteiger charge is -2.11. The van der Waals surface area contributed by atoms with Gasteiger partial charge in [-0.25, -0.2) is 8.42 Å². The number of aryl methyl sites for hydroxylation is 3. The smallest absolute Gasteiger partial charge is 0.154 e. The molecule has 0 aromatic heterocycles. The Balaban J connectivity index is 2.96. The van der Waals surface area contributed by atoms with E-state index in [9.17, 15) is 8.42 Å². The summed E-state index contributed by atoms with van der Waals surface area (Å²) in [6, 6.07) is 4.01. The van der Waals surface area contributed by atoms with Gasteiger partial charge in [-0.15, -0.1) is 0 Å². The van der Waals surface area contributed by atoms with E-state index in [2.05, 4.69) is 0 Å². The van der Waals surface area contributed by atoms with Crippen molar-refractivity contribution < 1.29 is 13.5 Å². The Hall–Kier alpha value is -0.870. The van der Waals surface area contributed by atoms with E-state index in [-0.39, 0.29) is 18.1 Å². The quantitative estimate of drug-likeness (QED) is 0.875. The van der Waals surface area contributed by atoms with Crippen LogP contribution in [0, 0.1) is 20.8 Å². The fraction of sp³-hybridized carbons (Fsp3) is 0.538. The molecule has 0 unspecified atom stereocenters. The molecular formula is C13H20O3S. The molecule has 3 nitrogen and oxygen atoms in total. The Bertz CT molecular complexity index is 466. The number of aliphatic hydroxyl groups is 1. The second-order valence-electron chi connectivity index (χ2n) is 4.55. The molecule has 17 heavy (non-hydrogen) atoms. The molecule has 96 valence electrons. The monoisotopic (exact) mass is 256 g/mol. The summed E-state index contributed by atoms with van der Waals surface area (Å²) in [5.41, 5.74) is 4.09. The fourth-order valence-electron chi connectivity index (χ4n) is 2.01. The molecule has 0 aliphatic carbocycles. The molecule has 0 fully saturated rings. The minimum Gasteiger partial charge on any atom is -0.396 e. The number of benzene rings is 1. The van der Waals surface area contributed by atoms with Crippen LogP contribution < -0.4 is 0 Å². The number of sulfone groups is 1. The molecule has 4 heteroatoms. The average molecular weight is 256 g/mol. The molecule has 0 saturated carbocycles. The summed E-state index contributed by atoms with van der Waals surface area (Å²) in [6.45, 7) is 5.81. The molecule has 0 amide bonds. The first-order chi connectivity index (χ1) is 7.85. The highest BCUT2D eigenvalue weighted by Gasteiger charge is 2.15. The van der Waals surface area contributed by atoms with Crippen molar-refractivity contribution in [3.63, 3.8) is 0 Å². The maximum Gasteiger partial charge on any atom is 0.154 e. The number of aliphatic hydroxyl groups excluding tert-OH is 1. The van der Waals surface area contributed by atoms with Crippen molar-refractivity contribution in [1.82, 2.24) is 0 Å². The lowest BCUT2D eigenvalue weighted by molar-refractivity contribution is 0.295. The number of hydrogen-bond donors (Lipinski definition) is 1. The summed E-state index contributed by atoms with van der Waals surface area (Å²) in [5.74, 6) is 0.126. The van der Waals surface area contributed by atoms with E-state index in [4.69, 9.17) is 5.11 Å². The number of hydrogen-bond acceptors (Lipinski definition) is 3. The molecule has 0 heterocycles. The third-order valence-corrected chi connectivity index (χ3v) is 4.46. The Morgan fingerprint density at radius 3 is 2.12 bits per heavy atom. The van der Waals surface area contributed by atoms with Gasteiger partial charge in [0.1, 0.15) is 0 Å². The van der Waals surface area contributed by atoms with Crippen molar-refractivity contribution in [2.45, 2.75) is 32.9 Å². The van der Waals surface area contributed by atoms with Crippen molar-refractivity contribution in [3.05, 3.63) is 34.4 Å². The van der Waals surface area contributed by atoms with Gasteiger partial charge in [0, 0.05) is 6.61 Å². The van der Waals surface area contributed by atoms with Crippen LogP contribution in [0.4, 0.5) is 0 Å². The first-order valence-corrected chi connectivity index (χ1v) is 7.56. The molecule has 0 radical (unpaired) electrons. The predicted octanol–water partition coefficient (Wildman–Crippen LogP) is 1.91. The van der Waals surface area contributed by atoms with Gasteiger partial charge in [-0.3, -0.25) is 0 Å². The van der Waals surface area contributed by atoms with Gasteiger partial charge in [0.25, 0.3) is 0 Å². The lowest BCUT2D eigenvalue weighted by Crippen LogP contribution is -2.12. The molecule has 0 aliphatic heterocycles. The molecular weight excluding hydrogens is 236 g/mol. The predicted molar refractivity (Wildman–Crippen MR) is 69.8 cm³/mol. The first kappa shape index (κ1) is 14.2. The van der Waals surface area contributed by atoms with Gasteiger partial charge in [0.2, 0.25) is 0 Å². The summed E-state index contributed by atoms with van der Waals surface area (Å²) in [5, 5.41) is 8.68. The van der Waals surface area contributed by atoms with Crippen molar-refractivity contribution in [2.24, 2.45) is 0 Å². The zero-order chi connectivity index (χ0) is 13.1. The molecule has 0 saturated heterocycles. The highest BCUT2D eigenvalue weighted by atomic mass is 32.2. The molecule has 1 N–H and O–H groups in total. The molecule has 1 rings (SSSR count). The third kappa shape index (κ3) is 4.13. The first-order valence-electron chi connectivity index (χ1n) is 5.74. The molecule has 0 aliphatic rings. The van der Waals surface area contributed by atoms with Crippen LogP contribution in [0.15, 0.2) is 12.1 Å². The van der Waals surface area contributed by atoms with Gasteiger partial charge in [-0.05, 0) is 43.9 Å². The SMILES string of the molecule is Cc1cc(C)c(CS(=O)(=O)CCCO)c(C)c1. The normalized spacial score (nSPS) is 11.8. The fourth-order valence-corrected chi connectivity index (χ4v) is 3.62. The van der Waals surface area contributed by atoms with E-state index in [0.717, 1.165) is 22.3 Å². The minimum absolute atomic E-state index is 0.0518. The molecule has 0 atom stereocenters. The van der Waals surface area contributed by atoms with E-state index in [1.54, 1.807) is 0 Å². The van der Waals surface area contributed by atoms with Crippen molar-refractivity contribution in [2.75, 3.05) is 12.4 Å². The van der Waals surface area contributed by atoms with Crippen LogP contribution in [0.25, 0.3) is 0 Å². The highest BCUT2D eigenvalue weighted by molar-refractivity contribution is 7.90. The highest BCUT2D eigenvalue weighted by Crippen LogP contribution is 2.19. The molecule has 1 aromatic carbocycles. The zero-order valence-electron chi connectivity index (χ0n) is 10.7. The number of rotatable bonds is 5. The average Bonchev–Trinajstić information content (AvgIpc) is 2.21. The van der Waals surface area contributed by atoms with E-state index < -0.39 is 9.84 Å². The van der Waals surface area contributed by atoms with E-state index in [0.29, 0.717) is 6.42 Å². The second-order valence-corrected chi connectivity index (χ2v) is 6.73. The van der Waals surface area contributed by atoms with Crippen molar-refractivity contribution in [1.29, 1.82) is 0 Å². The molecule has 1 aromatic rings. The van der Waals surface area contributed by atoms with Gasteiger partial charge in [-0.2, -0.15) is 0 Å². The summed E-state index contributed by atoms with van der Waals surface area (Å²) in [4.78, 5) is 0. The topological polar surface area (TPSA) is 54.4 Å². The van der Waals surface area contributed by atoms with Crippen LogP contribution in [0.5, 0.6) is 0 Å². The Kier molecular flexibility index (Phi) is 4.71. The molecule has 0 bridgehead atoms. The maximum atomic E-state index is 11.8. The van der Waals surface area contributed by atoms with Crippen LogP contribution in [-0.2, 0) is 15.6 Å². The van der Waals surface area contributed by atoms with Crippen molar-refractivity contribution in [3.8, 4) is 0 Å². The molecule has 0 spiro atoms. The Morgan fingerprint density at radius 1 is 1.12 bits per heavy atom. The largest absolute Gasteiger partial charge is 0.396 e. The summed E-state index contributed by atoms with van der Waals surface area (Å²) in [7, 11) is -3.11. The van der Waals surface area contributed by atoms with Crippen LogP contribution >= 0.6 is 0 Å². The summed E-state index contributed by atoms with van der Waals surface area (Å²) >= 11 is 0. The van der Waals surface area contributed by atoms with Gasteiger partial charge in [-0.1, -0.05) is 17.7 Å². The van der Waals surface area contributed by atoms with Crippen LogP contribution in [0.2, 0.25) is 0 Å². The zero-order valence-corrected chi connectivity index (χ0v) is 11.5. The van der Waals surface area contributed by atoms with Crippen LogP contribution in [0.3, 0.4) is 0 Å². The van der Waals surface area contributed by atoms with Crippen molar-refractivity contribution >= 4 is 9.84 Å².